The first kappa shape index (κ1) is 17.8. The van der Waals surface area contributed by atoms with E-state index in [1.807, 2.05) is 25.1 Å². The van der Waals surface area contributed by atoms with Crippen molar-refractivity contribution in [2.24, 2.45) is 0 Å². The number of carbonyl (C=O) groups is 1. The number of nitrogens with zero attached hydrogens (tertiary/aromatic N) is 1. The monoisotopic (exact) mass is 368 g/mol. The fraction of sp³-hybridized carbons (Fsp3) is 0.409. The molecule has 2 aromatic carbocycles. The number of hydrogen-bond acceptors (Lipinski definition) is 3. The molecule has 27 heavy (non-hydrogen) atoms. The summed E-state index contributed by atoms with van der Waals surface area (Å²) in [6.45, 7) is 3.76. The molecule has 0 radical (unpaired) electrons. The number of methoxy groups -OCH3 is 1. The highest BCUT2D eigenvalue weighted by Crippen LogP contribution is 2.50. The topological polar surface area (TPSA) is 41.6 Å². The highest BCUT2D eigenvalue weighted by Gasteiger charge is 2.51. The van der Waals surface area contributed by atoms with Gasteiger partial charge < -0.3 is 15.0 Å². The molecule has 1 N–H and O–H groups in total. The number of halogens is 1. The van der Waals surface area contributed by atoms with Crippen molar-refractivity contribution >= 4 is 17.3 Å². The Kier molecular flexibility index (Phi) is 4.54. The van der Waals surface area contributed by atoms with Gasteiger partial charge >= 0.3 is 0 Å². The van der Waals surface area contributed by atoms with Crippen molar-refractivity contribution in [1.82, 2.24) is 0 Å². The molecule has 2 fully saturated rings. The van der Waals surface area contributed by atoms with Crippen LogP contribution in [0.2, 0.25) is 0 Å². The molecule has 142 valence electrons. The Morgan fingerprint density at radius 2 is 1.89 bits per heavy atom. The van der Waals surface area contributed by atoms with Crippen LogP contribution in [-0.4, -0.2) is 26.1 Å². The van der Waals surface area contributed by atoms with E-state index >= 15 is 0 Å². The van der Waals surface area contributed by atoms with Gasteiger partial charge in [0, 0.05) is 18.8 Å². The van der Waals surface area contributed by atoms with Crippen LogP contribution in [0.4, 0.5) is 15.8 Å². The van der Waals surface area contributed by atoms with Crippen LogP contribution in [0.25, 0.3) is 0 Å². The first-order valence-electron chi connectivity index (χ1n) is 9.54. The fourth-order valence-corrected chi connectivity index (χ4v) is 3.94. The molecule has 1 saturated heterocycles. The van der Waals surface area contributed by atoms with Crippen molar-refractivity contribution in [1.29, 1.82) is 0 Å². The van der Waals surface area contributed by atoms with Gasteiger partial charge in [0.2, 0.25) is 5.91 Å². The molecular weight excluding hydrogens is 343 g/mol. The largest absolute Gasteiger partial charge is 0.496 e. The maximum atomic E-state index is 14.5. The molecular formula is C22H25FN2O2. The van der Waals surface area contributed by atoms with Crippen molar-refractivity contribution < 1.29 is 13.9 Å². The summed E-state index contributed by atoms with van der Waals surface area (Å²) in [5.74, 6) is 0.422. The first-order valence-corrected chi connectivity index (χ1v) is 9.54. The minimum Gasteiger partial charge on any atom is -0.496 e. The predicted octanol–water partition coefficient (Wildman–Crippen LogP) is 4.41. The lowest BCUT2D eigenvalue weighted by molar-refractivity contribution is -0.118. The molecule has 1 aliphatic heterocycles. The Balaban J connectivity index is 1.53. The van der Waals surface area contributed by atoms with Crippen LogP contribution in [0.15, 0.2) is 36.4 Å². The Bertz CT molecular complexity index is 871. The average molecular weight is 368 g/mol. The Morgan fingerprint density at radius 1 is 1.15 bits per heavy atom. The maximum Gasteiger partial charge on any atom is 0.235 e. The van der Waals surface area contributed by atoms with Gasteiger partial charge in [-0.3, -0.25) is 4.79 Å². The molecule has 1 aliphatic carbocycles. The van der Waals surface area contributed by atoms with E-state index in [9.17, 15) is 9.18 Å². The van der Waals surface area contributed by atoms with Crippen molar-refractivity contribution in [3.63, 3.8) is 0 Å². The molecule has 1 amide bonds. The lowest BCUT2D eigenvalue weighted by Crippen LogP contribution is -2.28. The minimum atomic E-state index is -0.537. The molecule has 2 aromatic rings. The van der Waals surface area contributed by atoms with E-state index in [0.29, 0.717) is 11.4 Å². The highest BCUT2D eigenvalue weighted by atomic mass is 19.1. The van der Waals surface area contributed by atoms with E-state index in [0.717, 1.165) is 55.6 Å². The third kappa shape index (κ3) is 3.27. The van der Waals surface area contributed by atoms with Gasteiger partial charge in [0.1, 0.15) is 11.6 Å². The lowest BCUT2D eigenvalue weighted by atomic mass is 9.93. The number of benzene rings is 2. The van der Waals surface area contributed by atoms with E-state index in [2.05, 4.69) is 10.2 Å². The van der Waals surface area contributed by atoms with Gasteiger partial charge in [0.25, 0.3) is 0 Å². The third-order valence-corrected chi connectivity index (χ3v) is 5.80. The van der Waals surface area contributed by atoms with Crippen LogP contribution in [0, 0.1) is 12.7 Å². The number of anilines is 2. The lowest BCUT2D eigenvalue weighted by Gasteiger charge is -2.20. The molecule has 0 spiro atoms. The van der Waals surface area contributed by atoms with Crippen molar-refractivity contribution in [3.05, 3.63) is 53.3 Å². The van der Waals surface area contributed by atoms with Crippen LogP contribution >= 0.6 is 0 Å². The third-order valence-electron chi connectivity index (χ3n) is 5.80. The molecule has 1 saturated carbocycles. The van der Waals surface area contributed by atoms with Gasteiger partial charge in [0.05, 0.1) is 18.2 Å². The molecule has 0 atom stereocenters. The molecule has 4 nitrogen and oxygen atoms in total. The SMILES string of the molecule is COc1cc(C2(C(=O)Nc3ccc(N4CCCC4)c(F)c3)CC2)ccc1C. The summed E-state index contributed by atoms with van der Waals surface area (Å²) in [4.78, 5) is 15.0. The summed E-state index contributed by atoms with van der Waals surface area (Å²) in [5.41, 5.74) is 2.58. The van der Waals surface area contributed by atoms with Gasteiger partial charge in [0.15, 0.2) is 0 Å². The van der Waals surface area contributed by atoms with Gasteiger partial charge in [-0.15, -0.1) is 0 Å². The van der Waals surface area contributed by atoms with Crippen LogP contribution in [0.5, 0.6) is 5.75 Å². The predicted molar refractivity (Wildman–Crippen MR) is 105 cm³/mol. The normalized spacial score (nSPS) is 17.7. The van der Waals surface area contributed by atoms with E-state index < -0.39 is 5.41 Å². The highest BCUT2D eigenvalue weighted by molar-refractivity contribution is 6.01. The van der Waals surface area contributed by atoms with Crippen LogP contribution in [-0.2, 0) is 10.2 Å². The van der Waals surface area contributed by atoms with Crippen molar-refractivity contribution in [3.8, 4) is 5.75 Å². The zero-order valence-electron chi connectivity index (χ0n) is 15.8. The molecule has 0 unspecified atom stereocenters. The van der Waals surface area contributed by atoms with E-state index in [1.165, 1.54) is 6.07 Å². The summed E-state index contributed by atoms with van der Waals surface area (Å²) in [6, 6.07) is 10.9. The van der Waals surface area contributed by atoms with E-state index in [1.54, 1.807) is 19.2 Å². The number of rotatable bonds is 5. The number of amides is 1. The quantitative estimate of drug-likeness (QED) is 0.850. The van der Waals surface area contributed by atoms with Crippen LogP contribution in [0.1, 0.15) is 36.8 Å². The van der Waals surface area contributed by atoms with E-state index in [4.69, 9.17) is 4.74 Å². The van der Waals surface area contributed by atoms with Gasteiger partial charge in [-0.2, -0.15) is 0 Å². The molecule has 0 aromatic heterocycles. The molecule has 5 heteroatoms. The molecule has 0 bridgehead atoms. The van der Waals surface area contributed by atoms with Crippen LogP contribution < -0.4 is 15.0 Å². The second kappa shape index (κ2) is 6.87. The number of hydrogen-bond donors (Lipinski definition) is 1. The Hall–Kier alpha value is -2.56. The first-order chi connectivity index (χ1) is 13.0. The molecule has 1 heterocycles. The van der Waals surface area contributed by atoms with Crippen molar-refractivity contribution in [2.45, 2.75) is 38.0 Å². The maximum absolute atomic E-state index is 14.5. The molecule has 4 rings (SSSR count). The summed E-state index contributed by atoms with van der Waals surface area (Å²) in [5, 5.41) is 2.92. The van der Waals surface area contributed by atoms with Gasteiger partial charge in [-0.05, 0) is 68.0 Å². The van der Waals surface area contributed by atoms with E-state index in [-0.39, 0.29) is 11.7 Å². The zero-order chi connectivity index (χ0) is 19.0. The Labute approximate surface area is 159 Å². The number of nitrogens with one attached hydrogen (secondary N) is 1. The van der Waals surface area contributed by atoms with Gasteiger partial charge in [-0.1, -0.05) is 12.1 Å². The molecule has 2 aliphatic rings. The Morgan fingerprint density at radius 3 is 2.52 bits per heavy atom. The summed E-state index contributed by atoms with van der Waals surface area (Å²) < 4.78 is 19.9. The number of aryl methyl sites for hydroxylation is 1. The summed E-state index contributed by atoms with van der Waals surface area (Å²) in [7, 11) is 1.64. The van der Waals surface area contributed by atoms with Gasteiger partial charge in [-0.25, -0.2) is 4.39 Å². The average Bonchev–Trinajstić information content (AvgIpc) is 3.30. The fourth-order valence-electron chi connectivity index (χ4n) is 3.94. The number of carbonyl (C=O) groups excluding carboxylic acids is 1. The smallest absolute Gasteiger partial charge is 0.235 e. The zero-order valence-corrected chi connectivity index (χ0v) is 15.8. The second-order valence-electron chi connectivity index (χ2n) is 7.58. The summed E-state index contributed by atoms with van der Waals surface area (Å²) in [6.07, 6.45) is 3.78. The standard InChI is InChI=1S/C22H25FN2O2/c1-15-5-6-16(13-20(15)27-2)22(9-10-22)21(26)24-17-7-8-19(18(23)14-17)25-11-3-4-12-25/h5-8,13-14H,3-4,9-12H2,1-2H3,(H,24,26). The second-order valence-corrected chi connectivity index (χ2v) is 7.58. The van der Waals surface area contributed by atoms with Crippen LogP contribution in [0.3, 0.4) is 0 Å². The minimum absolute atomic E-state index is 0.0817. The summed E-state index contributed by atoms with van der Waals surface area (Å²) >= 11 is 0. The number of ether oxygens (including phenoxy) is 1. The van der Waals surface area contributed by atoms with Crippen molar-refractivity contribution in [2.75, 3.05) is 30.4 Å².